The average molecular weight is 416 g/mol. The minimum atomic E-state index is -0.428. The number of amides is 2. The minimum absolute atomic E-state index is 0.00470. The van der Waals surface area contributed by atoms with Gasteiger partial charge in [0, 0.05) is 24.8 Å². The van der Waals surface area contributed by atoms with Crippen molar-refractivity contribution in [2.45, 2.75) is 12.8 Å². The number of nitrogens with zero attached hydrogens (tertiary/aromatic N) is 1. The second-order valence-corrected chi connectivity index (χ2v) is 7.72. The third-order valence-corrected chi connectivity index (χ3v) is 5.71. The molecule has 4 rings (SSSR count). The van der Waals surface area contributed by atoms with E-state index in [0.29, 0.717) is 48.0 Å². The van der Waals surface area contributed by atoms with Crippen LogP contribution in [-0.4, -0.2) is 49.2 Å². The highest BCUT2D eigenvalue weighted by atomic mass is 32.1. The molecule has 0 unspecified atom stereocenters. The fourth-order valence-electron chi connectivity index (χ4n) is 3.30. The van der Waals surface area contributed by atoms with Crippen molar-refractivity contribution in [3.63, 3.8) is 0 Å². The van der Waals surface area contributed by atoms with Crippen molar-refractivity contribution in [2.75, 3.05) is 31.8 Å². The Hall–Kier alpha value is -3.07. The summed E-state index contributed by atoms with van der Waals surface area (Å²) in [5.74, 6) is 0.0363. The molecule has 29 heavy (non-hydrogen) atoms. The third kappa shape index (κ3) is 4.51. The molecule has 1 aromatic carbocycles. The van der Waals surface area contributed by atoms with Crippen molar-refractivity contribution in [2.24, 2.45) is 5.92 Å². The van der Waals surface area contributed by atoms with Gasteiger partial charge in [0.15, 0.2) is 18.1 Å². The van der Waals surface area contributed by atoms with Crippen LogP contribution in [0.5, 0.6) is 11.5 Å². The molecule has 3 heterocycles. The van der Waals surface area contributed by atoms with Crippen LogP contribution in [0.15, 0.2) is 35.7 Å². The topological polar surface area (TPSA) is 94.2 Å². The molecular formula is C20H20N2O6S. The van der Waals surface area contributed by atoms with Gasteiger partial charge >= 0.3 is 5.97 Å². The number of likely N-dealkylation sites (tertiary alicyclic amines) is 1. The zero-order valence-electron chi connectivity index (χ0n) is 15.6. The highest BCUT2D eigenvalue weighted by Gasteiger charge is 2.29. The number of carbonyl (C=O) groups is 3. The van der Waals surface area contributed by atoms with Crippen LogP contribution in [0.1, 0.15) is 22.5 Å². The second-order valence-electron chi connectivity index (χ2n) is 6.77. The number of piperidine rings is 1. The van der Waals surface area contributed by atoms with Gasteiger partial charge in [0.1, 0.15) is 0 Å². The Morgan fingerprint density at radius 3 is 2.69 bits per heavy atom. The molecule has 0 bridgehead atoms. The van der Waals surface area contributed by atoms with E-state index in [4.69, 9.17) is 14.2 Å². The fourth-order valence-corrected chi connectivity index (χ4v) is 3.99. The lowest BCUT2D eigenvalue weighted by molar-refractivity contribution is -0.152. The number of esters is 1. The van der Waals surface area contributed by atoms with E-state index in [9.17, 15) is 14.4 Å². The predicted octanol–water partition coefficient (Wildman–Crippen LogP) is 2.51. The van der Waals surface area contributed by atoms with Crippen molar-refractivity contribution in [1.29, 1.82) is 0 Å². The molecule has 1 N–H and O–H groups in total. The molecule has 0 saturated carbocycles. The average Bonchev–Trinajstić information content (AvgIpc) is 3.43. The Morgan fingerprint density at radius 1 is 1.14 bits per heavy atom. The molecule has 1 aromatic heterocycles. The normalized spacial score (nSPS) is 15.8. The number of thiophene rings is 1. The summed E-state index contributed by atoms with van der Waals surface area (Å²) in [6.07, 6.45) is 1.06. The summed E-state index contributed by atoms with van der Waals surface area (Å²) in [7, 11) is 0. The molecule has 2 aromatic rings. The lowest BCUT2D eigenvalue weighted by Gasteiger charge is -2.30. The van der Waals surface area contributed by atoms with Crippen molar-refractivity contribution in [3.05, 3.63) is 40.6 Å². The molecular weight excluding hydrogens is 396 g/mol. The fraction of sp³-hybridized carbons (Fsp3) is 0.350. The maximum atomic E-state index is 12.3. The standard InChI is InChI=1S/C20H20N2O6S/c23-18(21-14-3-4-15-16(10-14)28-12-27-15)11-26-20(25)13-5-7-22(8-6-13)19(24)17-2-1-9-29-17/h1-4,9-10,13H,5-8,11-12H2,(H,21,23). The van der Waals surface area contributed by atoms with Crippen LogP contribution in [0.3, 0.4) is 0 Å². The quantitative estimate of drug-likeness (QED) is 0.753. The SMILES string of the molecule is O=C(COC(=O)C1CCN(C(=O)c2cccs2)CC1)Nc1ccc2c(c1)OCO2. The maximum Gasteiger partial charge on any atom is 0.309 e. The summed E-state index contributed by atoms with van der Waals surface area (Å²) in [6.45, 7) is 0.795. The molecule has 0 atom stereocenters. The first-order chi connectivity index (χ1) is 14.1. The summed E-state index contributed by atoms with van der Waals surface area (Å²) in [6, 6.07) is 8.69. The first kappa shape index (κ1) is 19.3. The van der Waals surface area contributed by atoms with Gasteiger partial charge in [-0.15, -0.1) is 11.3 Å². The number of rotatable bonds is 5. The van der Waals surface area contributed by atoms with Gasteiger partial charge < -0.3 is 24.4 Å². The second kappa shape index (κ2) is 8.52. The lowest BCUT2D eigenvalue weighted by atomic mass is 9.97. The van der Waals surface area contributed by atoms with Crippen molar-refractivity contribution < 1.29 is 28.6 Å². The zero-order chi connectivity index (χ0) is 20.2. The van der Waals surface area contributed by atoms with Crippen LogP contribution < -0.4 is 14.8 Å². The van der Waals surface area contributed by atoms with Crippen LogP contribution in [-0.2, 0) is 14.3 Å². The minimum Gasteiger partial charge on any atom is -0.455 e. The monoisotopic (exact) mass is 416 g/mol. The first-order valence-electron chi connectivity index (χ1n) is 9.29. The van der Waals surface area contributed by atoms with Gasteiger partial charge in [0.25, 0.3) is 11.8 Å². The Morgan fingerprint density at radius 2 is 1.93 bits per heavy atom. The number of hydrogen-bond donors (Lipinski definition) is 1. The summed E-state index contributed by atoms with van der Waals surface area (Å²) in [5.41, 5.74) is 0.538. The van der Waals surface area contributed by atoms with Crippen LogP contribution in [0, 0.1) is 5.92 Å². The largest absolute Gasteiger partial charge is 0.455 e. The number of nitrogens with one attached hydrogen (secondary N) is 1. The van der Waals surface area contributed by atoms with E-state index in [1.54, 1.807) is 29.2 Å². The maximum absolute atomic E-state index is 12.3. The van der Waals surface area contributed by atoms with Gasteiger partial charge in [0.05, 0.1) is 10.8 Å². The summed E-state index contributed by atoms with van der Waals surface area (Å²) in [4.78, 5) is 39.1. The Kier molecular flexibility index (Phi) is 5.66. The van der Waals surface area contributed by atoms with E-state index < -0.39 is 11.9 Å². The van der Waals surface area contributed by atoms with Crippen molar-refractivity contribution >= 4 is 34.8 Å². The molecule has 1 saturated heterocycles. The van der Waals surface area contributed by atoms with Crippen LogP contribution in [0.2, 0.25) is 0 Å². The third-order valence-electron chi connectivity index (χ3n) is 4.85. The Balaban J connectivity index is 1.21. The molecule has 2 amide bonds. The number of fused-ring (bicyclic) bond motifs is 1. The van der Waals surface area contributed by atoms with Gasteiger partial charge in [0.2, 0.25) is 6.79 Å². The molecule has 1 fully saturated rings. The number of hydrogen-bond acceptors (Lipinski definition) is 7. The van der Waals surface area contributed by atoms with E-state index in [-0.39, 0.29) is 25.2 Å². The summed E-state index contributed by atoms with van der Waals surface area (Å²) in [5, 5.41) is 4.53. The molecule has 2 aliphatic heterocycles. The highest BCUT2D eigenvalue weighted by molar-refractivity contribution is 7.12. The molecule has 2 aliphatic rings. The van der Waals surface area contributed by atoms with E-state index in [1.807, 2.05) is 11.4 Å². The van der Waals surface area contributed by atoms with Crippen molar-refractivity contribution in [3.8, 4) is 11.5 Å². The zero-order valence-corrected chi connectivity index (χ0v) is 16.4. The first-order valence-corrected chi connectivity index (χ1v) is 10.2. The Labute approximate surface area is 171 Å². The van der Waals surface area contributed by atoms with E-state index >= 15 is 0 Å². The summed E-state index contributed by atoms with van der Waals surface area (Å²) < 4.78 is 15.6. The molecule has 0 aliphatic carbocycles. The molecule has 9 heteroatoms. The van der Waals surface area contributed by atoms with Gasteiger partial charge in [-0.25, -0.2) is 0 Å². The van der Waals surface area contributed by atoms with Gasteiger partial charge in [-0.1, -0.05) is 6.07 Å². The molecule has 0 radical (unpaired) electrons. The number of carbonyl (C=O) groups excluding carboxylic acids is 3. The molecule has 152 valence electrons. The predicted molar refractivity (Wildman–Crippen MR) is 105 cm³/mol. The highest BCUT2D eigenvalue weighted by Crippen LogP contribution is 2.34. The molecule has 8 nitrogen and oxygen atoms in total. The number of ether oxygens (including phenoxy) is 3. The van der Waals surface area contributed by atoms with Crippen LogP contribution in [0.4, 0.5) is 5.69 Å². The number of anilines is 1. The van der Waals surface area contributed by atoms with Gasteiger partial charge in [-0.2, -0.15) is 0 Å². The van der Waals surface area contributed by atoms with E-state index in [2.05, 4.69) is 5.32 Å². The van der Waals surface area contributed by atoms with Gasteiger partial charge in [-0.3, -0.25) is 14.4 Å². The van der Waals surface area contributed by atoms with E-state index in [0.717, 1.165) is 0 Å². The van der Waals surface area contributed by atoms with Crippen LogP contribution in [0.25, 0.3) is 0 Å². The summed E-state index contributed by atoms with van der Waals surface area (Å²) >= 11 is 1.41. The smallest absolute Gasteiger partial charge is 0.309 e. The molecule has 0 spiro atoms. The number of benzene rings is 1. The van der Waals surface area contributed by atoms with Crippen LogP contribution >= 0.6 is 11.3 Å². The lowest BCUT2D eigenvalue weighted by Crippen LogP contribution is -2.40. The van der Waals surface area contributed by atoms with Crippen molar-refractivity contribution in [1.82, 2.24) is 4.90 Å². The van der Waals surface area contributed by atoms with Gasteiger partial charge in [-0.05, 0) is 36.4 Å². The van der Waals surface area contributed by atoms with E-state index in [1.165, 1.54) is 11.3 Å². The Bertz CT molecular complexity index is 906.